The maximum absolute atomic E-state index is 12.7. The Hall–Kier alpha value is -1.01. The van der Waals surface area contributed by atoms with E-state index in [1.165, 1.54) is 21.8 Å². The predicted octanol–water partition coefficient (Wildman–Crippen LogP) is 1.48. The molecule has 3 heterocycles. The molecule has 1 N–H and O–H groups in total. The van der Waals surface area contributed by atoms with Crippen molar-refractivity contribution in [1.82, 2.24) is 10.2 Å². The minimum absolute atomic E-state index is 0.254. The first-order valence-corrected chi connectivity index (χ1v) is 6.36. The van der Waals surface area contributed by atoms with Crippen LogP contribution in [0.2, 0.25) is 0 Å². The van der Waals surface area contributed by atoms with Gasteiger partial charge in [0.25, 0.3) is 11.8 Å². The van der Waals surface area contributed by atoms with Crippen molar-refractivity contribution < 1.29 is 13.6 Å². The second kappa shape index (κ2) is 3.74. The lowest BCUT2D eigenvalue weighted by atomic mass is 10.1. The van der Waals surface area contributed by atoms with Crippen molar-refractivity contribution in [3.05, 3.63) is 21.4 Å². The van der Waals surface area contributed by atoms with Crippen molar-refractivity contribution >= 4 is 17.2 Å². The summed E-state index contributed by atoms with van der Waals surface area (Å²) in [6, 6.07) is 1.86. The third kappa shape index (κ3) is 1.95. The van der Waals surface area contributed by atoms with Gasteiger partial charge in [-0.2, -0.15) is 0 Å². The molecule has 1 aromatic heterocycles. The highest BCUT2D eigenvalue weighted by Crippen LogP contribution is 2.31. The first-order valence-electron chi connectivity index (χ1n) is 5.55. The van der Waals surface area contributed by atoms with Gasteiger partial charge in [0.15, 0.2) is 0 Å². The van der Waals surface area contributed by atoms with Crippen LogP contribution in [0.4, 0.5) is 8.78 Å². The van der Waals surface area contributed by atoms with Gasteiger partial charge in [-0.25, -0.2) is 8.78 Å². The molecule has 0 aromatic carbocycles. The van der Waals surface area contributed by atoms with E-state index in [-0.39, 0.29) is 5.91 Å². The summed E-state index contributed by atoms with van der Waals surface area (Å²) in [5.74, 6) is -2.94. The number of nitrogens with zero attached hydrogens (tertiary/aromatic N) is 1. The van der Waals surface area contributed by atoms with Gasteiger partial charge >= 0.3 is 0 Å². The van der Waals surface area contributed by atoms with Gasteiger partial charge in [-0.15, -0.1) is 11.3 Å². The Kier molecular flexibility index (Phi) is 2.45. The Labute approximate surface area is 101 Å². The second-order valence-corrected chi connectivity index (χ2v) is 5.64. The summed E-state index contributed by atoms with van der Waals surface area (Å²) in [4.78, 5) is 14.9. The fourth-order valence-corrected chi connectivity index (χ4v) is 3.32. The lowest BCUT2D eigenvalue weighted by molar-refractivity contribution is -0.112. The Morgan fingerprint density at radius 2 is 2.24 bits per heavy atom. The molecule has 92 valence electrons. The topological polar surface area (TPSA) is 32.3 Å². The molecule has 1 fully saturated rings. The number of alkyl halides is 2. The number of nitrogens with one attached hydrogen (secondary N) is 1. The van der Waals surface area contributed by atoms with Crippen molar-refractivity contribution in [2.45, 2.75) is 18.9 Å². The van der Waals surface area contributed by atoms with Gasteiger partial charge in [-0.05, 0) is 24.6 Å². The largest absolute Gasteiger partial charge is 0.326 e. The quantitative estimate of drug-likeness (QED) is 0.827. The molecule has 0 aliphatic carbocycles. The number of rotatable bonds is 1. The molecule has 0 unspecified atom stereocenters. The summed E-state index contributed by atoms with van der Waals surface area (Å²) in [6.07, 6.45) is 0.912. The highest BCUT2D eigenvalue weighted by molar-refractivity contribution is 7.14. The van der Waals surface area contributed by atoms with E-state index in [0.717, 1.165) is 24.4 Å². The zero-order valence-corrected chi connectivity index (χ0v) is 9.95. The molecule has 1 amide bonds. The van der Waals surface area contributed by atoms with Gasteiger partial charge in [0, 0.05) is 11.4 Å². The molecular formula is C11H12F2N2OS. The van der Waals surface area contributed by atoms with Gasteiger partial charge in [-0.3, -0.25) is 4.79 Å². The molecule has 0 atom stereocenters. The first-order chi connectivity index (χ1) is 8.05. The smallest absolute Gasteiger partial charge is 0.282 e. The van der Waals surface area contributed by atoms with Gasteiger partial charge in [0.05, 0.1) is 18.0 Å². The molecule has 0 radical (unpaired) electrons. The molecule has 6 heteroatoms. The van der Waals surface area contributed by atoms with Crippen molar-refractivity contribution in [1.29, 1.82) is 0 Å². The van der Waals surface area contributed by atoms with E-state index in [1.807, 2.05) is 6.07 Å². The lowest BCUT2D eigenvalue weighted by Crippen LogP contribution is -2.58. The highest BCUT2D eigenvalue weighted by atomic mass is 32.1. The van der Waals surface area contributed by atoms with Crippen LogP contribution in [0, 0.1) is 0 Å². The van der Waals surface area contributed by atoms with E-state index in [4.69, 9.17) is 0 Å². The van der Waals surface area contributed by atoms with Gasteiger partial charge < -0.3 is 10.2 Å². The Morgan fingerprint density at radius 1 is 1.47 bits per heavy atom. The fraction of sp³-hybridized carbons (Fsp3) is 0.545. The van der Waals surface area contributed by atoms with Gasteiger partial charge in [0.1, 0.15) is 0 Å². The minimum Gasteiger partial charge on any atom is -0.326 e. The number of hydrogen-bond donors (Lipinski definition) is 1. The highest BCUT2D eigenvalue weighted by Gasteiger charge is 2.46. The molecule has 3 rings (SSSR count). The van der Waals surface area contributed by atoms with Crippen LogP contribution in [0.25, 0.3) is 0 Å². The van der Waals surface area contributed by atoms with Crippen LogP contribution < -0.4 is 5.32 Å². The maximum Gasteiger partial charge on any atom is 0.282 e. The Bertz CT molecular complexity index is 441. The summed E-state index contributed by atoms with van der Waals surface area (Å²) in [7, 11) is 0. The van der Waals surface area contributed by atoms with E-state index < -0.39 is 19.0 Å². The summed E-state index contributed by atoms with van der Waals surface area (Å²) in [5, 5.41) is 3.23. The molecule has 17 heavy (non-hydrogen) atoms. The average Bonchev–Trinajstić information content (AvgIpc) is 2.68. The molecule has 2 aliphatic heterocycles. The molecule has 0 bridgehead atoms. The fourth-order valence-electron chi connectivity index (χ4n) is 2.17. The third-order valence-electron chi connectivity index (χ3n) is 3.10. The molecule has 3 nitrogen and oxygen atoms in total. The number of amides is 1. The zero-order valence-electron chi connectivity index (χ0n) is 9.13. The van der Waals surface area contributed by atoms with Crippen LogP contribution in [0.15, 0.2) is 6.07 Å². The first kappa shape index (κ1) is 11.1. The average molecular weight is 258 g/mol. The number of carbonyl (C=O) groups is 1. The molecule has 2 aliphatic rings. The number of likely N-dealkylation sites (tertiary alicyclic amines) is 1. The number of fused-ring (bicyclic) bond motifs is 1. The van der Waals surface area contributed by atoms with Crippen molar-refractivity contribution in [3.63, 3.8) is 0 Å². The lowest BCUT2D eigenvalue weighted by Gasteiger charge is -2.38. The van der Waals surface area contributed by atoms with E-state index in [2.05, 4.69) is 5.32 Å². The second-order valence-electron chi connectivity index (χ2n) is 4.50. The standard InChI is InChI=1S/C11H12F2N2OS/c12-11(13)5-15(6-11)10(16)8-3-7-1-2-14-4-9(7)17-8/h3,14H,1-2,4-6H2. The predicted molar refractivity (Wildman–Crippen MR) is 60.6 cm³/mol. The molecule has 1 aromatic rings. The van der Waals surface area contributed by atoms with E-state index in [9.17, 15) is 13.6 Å². The van der Waals surface area contributed by atoms with E-state index in [0.29, 0.717) is 4.88 Å². The van der Waals surface area contributed by atoms with Crippen molar-refractivity contribution in [2.24, 2.45) is 0 Å². The summed E-state index contributed by atoms with van der Waals surface area (Å²) < 4.78 is 25.4. The van der Waals surface area contributed by atoms with Crippen LogP contribution in [0.5, 0.6) is 0 Å². The minimum atomic E-state index is -2.69. The van der Waals surface area contributed by atoms with Crippen LogP contribution in [-0.4, -0.2) is 36.4 Å². The van der Waals surface area contributed by atoms with Crippen molar-refractivity contribution in [2.75, 3.05) is 19.6 Å². The molecule has 0 saturated carbocycles. The van der Waals surface area contributed by atoms with Crippen molar-refractivity contribution in [3.8, 4) is 0 Å². The number of halogens is 2. The number of thiophene rings is 1. The third-order valence-corrected chi connectivity index (χ3v) is 4.26. The monoisotopic (exact) mass is 258 g/mol. The van der Waals surface area contributed by atoms with E-state index in [1.54, 1.807) is 0 Å². The molecule has 0 spiro atoms. The van der Waals surface area contributed by atoms with Gasteiger partial charge in [0.2, 0.25) is 0 Å². The van der Waals surface area contributed by atoms with Crippen LogP contribution in [0.1, 0.15) is 20.1 Å². The van der Waals surface area contributed by atoms with Crippen LogP contribution in [-0.2, 0) is 13.0 Å². The summed E-state index contributed by atoms with van der Waals surface area (Å²) in [5.41, 5.74) is 1.18. The summed E-state index contributed by atoms with van der Waals surface area (Å²) >= 11 is 1.42. The van der Waals surface area contributed by atoms with Crippen LogP contribution >= 0.6 is 11.3 Å². The number of hydrogen-bond acceptors (Lipinski definition) is 3. The summed E-state index contributed by atoms with van der Waals surface area (Å²) in [6.45, 7) is 0.821. The zero-order chi connectivity index (χ0) is 12.0. The van der Waals surface area contributed by atoms with E-state index >= 15 is 0 Å². The maximum atomic E-state index is 12.7. The normalized spacial score (nSPS) is 21.9. The SMILES string of the molecule is O=C(c1cc2c(s1)CNCC2)N1CC(F)(F)C1. The number of carbonyl (C=O) groups excluding carboxylic acids is 1. The van der Waals surface area contributed by atoms with Crippen LogP contribution in [0.3, 0.4) is 0 Å². The molecule has 1 saturated heterocycles. The molecular weight excluding hydrogens is 246 g/mol. The Balaban J connectivity index is 1.76. The Morgan fingerprint density at radius 3 is 2.88 bits per heavy atom. The van der Waals surface area contributed by atoms with Gasteiger partial charge in [-0.1, -0.05) is 0 Å².